The third-order valence-electron chi connectivity index (χ3n) is 1.43. The van der Waals surface area contributed by atoms with Crippen LogP contribution < -0.4 is 0 Å². The van der Waals surface area contributed by atoms with E-state index in [1.807, 2.05) is 0 Å². The molecule has 68 valence electrons. The van der Waals surface area contributed by atoms with E-state index in [1.165, 1.54) is 6.33 Å². The first kappa shape index (κ1) is 8.18. The molecule has 7 heteroatoms. The number of halogens is 1. The fourth-order valence-electron chi connectivity index (χ4n) is 0.881. The normalized spacial score (nSPS) is 10.5. The molecule has 0 amide bonds. The predicted octanol–water partition coefficient (Wildman–Crippen LogP) is 0.448. The van der Waals surface area contributed by atoms with E-state index in [1.54, 1.807) is 10.9 Å². The van der Waals surface area contributed by atoms with Crippen LogP contribution in [0, 0.1) is 0 Å². The summed E-state index contributed by atoms with van der Waals surface area (Å²) in [5.74, 6) is 0.843. The summed E-state index contributed by atoms with van der Waals surface area (Å²) in [7, 11) is 0. The Balaban J connectivity index is 2.10. The van der Waals surface area contributed by atoms with Crippen LogP contribution in [0.3, 0.4) is 0 Å². The highest BCUT2D eigenvalue weighted by atomic mass is 35.5. The Morgan fingerprint density at radius 3 is 3.08 bits per heavy atom. The molecule has 0 N–H and O–H groups in total. The number of nitrogens with zero attached hydrogens (tertiary/aromatic N) is 5. The molecule has 0 fully saturated rings. The third kappa shape index (κ3) is 1.83. The Hall–Kier alpha value is -1.43. The van der Waals surface area contributed by atoms with Gasteiger partial charge in [-0.15, -0.1) is 16.7 Å². The lowest BCUT2D eigenvalue weighted by Gasteiger charge is -1.91. The predicted molar refractivity (Wildman–Crippen MR) is 43.0 cm³/mol. The molecule has 0 atom stereocenters. The lowest BCUT2D eigenvalue weighted by atomic mass is 10.5. The van der Waals surface area contributed by atoms with Crippen molar-refractivity contribution in [2.24, 2.45) is 0 Å². The molecule has 0 spiro atoms. The molecule has 13 heavy (non-hydrogen) atoms. The Kier molecular flexibility index (Phi) is 2.22. The van der Waals surface area contributed by atoms with Crippen molar-refractivity contribution in [3.05, 3.63) is 24.1 Å². The van der Waals surface area contributed by atoms with Crippen molar-refractivity contribution in [1.82, 2.24) is 25.1 Å². The van der Waals surface area contributed by atoms with Crippen LogP contribution in [0.4, 0.5) is 0 Å². The van der Waals surface area contributed by atoms with Gasteiger partial charge in [-0.25, -0.2) is 4.68 Å². The van der Waals surface area contributed by atoms with Gasteiger partial charge >= 0.3 is 0 Å². The van der Waals surface area contributed by atoms with Crippen molar-refractivity contribution < 1.29 is 4.52 Å². The van der Waals surface area contributed by atoms with Crippen LogP contribution in [0.2, 0.25) is 0 Å². The number of hydrogen-bond acceptors (Lipinski definition) is 5. The highest BCUT2D eigenvalue weighted by Crippen LogP contribution is 2.00. The van der Waals surface area contributed by atoms with Crippen molar-refractivity contribution in [3.8, 4) is 0 Å². The Morgan fingerprint density at radius 1 is 1.54 bits per heavy atom. The van der Waals surface area contributed by atoms with Gasteiger partial charge in [0.25, 0.3) is 0 Å². The van der Waals surface area contributed by atoms with Crippen LogP contribution in [0.25, 0.3) is 0 Å². The van der Waals surface area contributed by atoms with E-state index in [9.17, 15) is 0 Å². The number of hydrogen-bond donors (Lipinski definition) is 0. The van der Waals surface area contributed by atoms with Gasteiger partial charge in [-0.2, -0.15) is 4.98 Å². The minimum atomic E-state index is 0.351. The van der Waals surface area contributed by atoms with E-state index in [4.69, 9.17) is 16.1 Å². The van der Waals surface area contributed by atoms with Crippen LogP contribution in [-0.4, -0.2) is 25.1 Å². The molecule has 0 bridgehead atoms. The molecular formula is C6H6ClN5O. The minimum Gasteiger partial charge on any atom is -0.338 e. The van der Waals surface area contributed by atoms with Crippen LogP contribution in [0.1, 0.15) is 11.6 Å². The quantitative estimate of drug-likeness (QED) is 0.672. The maximum Gasteiger partial charge on any atom is 0.248 e. The van der Waals surface area contributed by atoms with E-state index >= 15 is 0 Å². The first-order valence-electron chi connectivity index (χ1n) is 3.59. The highest BCUT2D eigenvalue weighted by molar-refractivity contribution is 6.16. The summed E-state index contributed by atoms with van der Waals surface area (Å²) in [6.07, 6.45) is 3.08. The average molecular weight is 200 g/mol. The molecule has 0 saturated carbocycles. The number of alkyl halides is 1. The molecule has 2 aromatic rings. The summed E-state index contributed by atoms with van der Waals surface area (Å²) < 4.78 is 6.39. The molecule has 0 aliphatic heterocycles. The fraction of sp³-hybridized carbons (Fsp3) is 0.333. The summed E-state index contributed by atoms with van der Waals surface area (Å²) >= 11 is 5.55. The van der Waals surface area contributed by atoms with Crippen LogP contribution >= 0.6 is 11.6 Å². The van der Waals surface area contributed by atoms with E-state index in [0.717, 1.165) is 5.69 Å². The SMILES string of the molecule is ClCc1cn(Cc2ncno2)nn1. The zero-order chi connectivity index (χ0) is 9.10. The van der Waals surface area contributed by atoms with E-state index in [2.05, 4.69) is 20.5 Å². The van der Waals surface area contributed by atoms with E-state index in [-0.39, 0.29) is 0 Å². The van der Waals surface area contributed by atoms with Crippen molar-refractivity contribution in [2.75, 3.05) is 0 Å². The van der Waals surface area contributed by atoms with Crippen LogP contribution in [0.5, 0.6) is 0 Å². The minimum absolute atomic E-state index is 0.351. The van der Waals surface area contributed by atoms with Gasteiger partial charge in [0.15, 0.2) is 6.33 Å². The summed E-state index contributed by atoms with van der Waals surface area (Å²) in [6.45, 7) is 0.421. The van der Waals surface area contributed by atoms with Gasteiger partial charge in [-0.05, 0) is 0 Å². The fourth-order valence-corrected chi connectivity index (χ4v) is 1.00. The second kappa shape index (κ2) is 3.53. The van der Waals surface area contributed by atoms with Gasteiger partial charge < -0.3 is 4.52 Å². The molecule has 0 aliphatic carbocycles. The second-order valence-corrected chi connectivity index (χ2v) is 2.64. The lowest BCUT2D eigenvalue weighted by Crippen LogP contribution is -2.00. The molecule has 6 nitrogen and oxygen atoms in total. The summed E-state index contributed by atoms with van der Waals surface area (Å²) in [4.78, 5) is 3.85. The summed E-state index contributed by atoms with van der Waals surface area (Å²) in [5.41, 5.74) is 0.723. The van der Waals surface area contributed by atoms with Crippen molar-refractivity contribution in [2.45, 2.75) is 12.4 Å². The molecule has 0 aliphatic rings. The van der Waals surface area contributed by atoms with Gasteiger partial charge in [0.05, 0.1) is 17.8 Å². The second-order valence-electron chi connectivity index (χ2n) is 2.38. The maximum absolute atomic E-state index is 5.55. The smallest absolute Gasteiger partial charge is 0.248 e. The monoisotopic (exact) mass is 199 g/mol. The highest BCUT2D eigenvalue weighted by Gasteiger charge is 2.03. The zero-order valence-electron chi connectivity index (χ0n) is 6.59. The van der Waals surface area contributed by atoms with Crippen LogP contribution in [0.15, 0.2) is 17.0 Å². The Morgan fingerprint density at radius 2 is 2.46 bits per heavy atom. The van der Waals surface area contributed by atoms with Gasteiger partial charge in [-0.3, -0.25) is 0 Å². The number of aromatic nitrogens is 5. The van der Waals surface area contributed by atoms with Gasteiger partial charge in [-0.1, -0.05) is 10.4 Å². The Bertz CT molecular complexity index is 370. The molecule has 0 unspecified atom stereocenters. The number of rotatable bonds is 3. The van der Waals surface area contributed by atoms with Crippen molar-refractivity contribution in [3.63, 3.8) is 0 Å². The molecule has 2 heterocycles. The topological polar surface area (TPSA) is 69.6 Å². The third-order valence-corrected chi connectivity index (χ3v) is 1.70. The molecule has 2 aromatic heterocycles. The van der Waals surface area contributed by atoms with Crippen molar-refractivity contribution >= 4 is 11.6 Å². The first-order valence-corrected chi connectivity index (χ1v) is 4.12. The average Bonchev–Trinajstić information content (AvgIpc) is 2.76. The molecular weight excluding hydrogens is 194 g/mol. The largest absolute Gasteiger partial charge is 0.338 e. The van der Waals surface area contributed by atoms with E-state index in [0.29, 0.717) is 18.3 Å². The maximum atomic E-state index is 5.55. The lowest BCUT2D eigenvalue weighted by molar-refractivity contribution is 0.363. The first-order chi connectivity index (χ1) is 6.38. The zero-order valence-corrected chi connectivity index (χ0v) is 7.35. The standard InChI is InChI=1S/C6H6ClN5O/c7-1-5-2-12(11-10-5)3-6-8-4-9-13-6/h2,4H,1,3H2. The molecule has 0 saturated heterocycles. The van der Waals surface area contributed by atoms with Gasteiger partial charge in [0, 0.05) is 0 Å². The van der Waals surface area contributed by atoms with Gasteiger partial charge in [0.1, 0.15) is 6.54 Å². The summed E-state index contributed by atoms with van der Waals surface area (Å²) in [5, 5.41) is 11.1. The van der Waals surface area contributed by atoms with Gasteiger partial charge in [0.2, 0.25) is 5.89 Å². The molecule has 2 rings (SSSR count). The Labute approximate surface area is 78.5 Å². The van der Waals surface area contributed by atoms with E-state index < -0.39 is 0 Å². The molecule has 0 radical (unpaired) electrons. The van der Waals surface area contributed by atoms with Crippen LogP contribution in [-0.2, 0) is 12.4 Å². The molecule has 0 aromatic carbocycles. The summed E-state index contributed by atoms with van der Waals surface area (Å²) in [6, 6.07) is 0. The van der Waals surface area contributed by atoms with Crippen molar-refractivity contribution in [1.29, 1.82) is 0 Å².